The summed E-state index contributed by atoms with van der Waals surface area (Å²) in [5, 5.41) is 3.71. The molecule has 2 unspecified atom stereocenters. The Morgan fingerprint density at radius 2 is 2.21 bits per heavy atom. The Hall–Kier alpha value is -0.0800. The van der Waals surface area contributed by atoms with Crippen LogP contribution in [0.1, 0.15) is 46.0 Å². The molecule has 1 heterocycles. The van der Waals surface area contributed by atoms with Crippen LogP contribution in [0.3, 0.4) is 0 Å². The van der Waals surface area contributed by atoms with Crippen LogP contribution in [0.25, 0.3) is 0 Å². The van der Waals surface area contributed by atoms with Crippen molar-refractivity contribution >= 4 is 0 Å². The van der Waals surface area contributed by atoms with Gasteiger partial charge in [0, 0.05) is 19.2 Å². The first kappa shape index (κ1) is 10.4. The first-order chi connectivity index (χ1) is 6.68. The van der Waals surface area contributed by atoms with Crippen LogP contribution in [-0.2, 0) is 4.74 Å². The Bertz CT molecular complexity index is 189. The molecule has 2 fully saturated rings. The zero-order valence-electron chi connectivity index (χ0n) is 9.51. The van der Waals surface area contributed by atoms with Gasteiger partial charge in [-0.25, -0.2) is 0 Å². The quantitative estimate of drug-likeness (QED) is 0.750. The molecule has 0 aromatic heterocycles. The van der Waals surface area contributed by atoms with E-state index in [-0.39, 0.29) is 0 Å². The van der Waals surface area contributed by atoms with Crippen molar-refractivity contribution in [1.29, 1.82) is 0 Å². The summed E-state index contributed by atoms with van der Waals surface area (Å²) in [6.07, 6.45) is 7.10. The minimum atomic E-state index is 0.454. The molecular weight excluding hydrogens is 174 g/mol. The predicted octanol–water partition coefficient (Wildman–Crippen LogP) is 2.33. The second-order valence-electron chi connectivity index (χ2n) is 5.45. The lowest BCUT2D eigenvalue weighted by molar-refractivity contribution is 0.00930. The van der Waals surface area contributed by atoms with Crippen molar-refractivity contribution in [2.75, 3.05) is 13.2 Å². The van der Waals surface area contributed by atoms with Crippen LogP contribution in [0.15, 0.2) is 0 Å². The number of ether oxygens (including phenoxy) is 1. The SMILES string of the molecule is CC1CC(NCC2(C)CCC2)CCO1. The van der Waals surface area contributed by atoms with E-state index < -0.39 is 0 Å². The Balaban J connectivity index is 1.69. The minimum Gasteiger partial charge on any atom is -0.378 e. The summed E-state index contributed by atoms with van der Waals surface area (Å²) in [7, 11) is 0. The fraction of sp³-hybridized carbons (Fsp3) is 1.00. The Morgan fingerprint density at radius 3 is 2.79 bits per heavy atom. The van der Waals surface area contributed by atoms with Gasteiger partial charge in [-0.05, 0) is 38.0 Å². The number of hydrogen-bond donors (Lipinski definition) is 1. The molecule has 0 bridgehead atoms. The highest BCUT2D eigenvalue weighted by atomic mass is 16.5. The van der Waals surface area contributed by atoms with Crippen molar-refractivity contribution in [2.45, 2.75) is 58.1 Å². The fourth-order valence-corrected chi connectivity index (χ4v) is 2.53. The number of nitrogens with one attached hydrogen (secondary N) is 1. The van der Waals surface area contributed by atoms with E-state index in [0.29, 0.717) is 17.6 Å². The van der Waals surface area contributed by atoms with E-state index in [1.807, 2.05) is 0 Å². The van der Waals surface area contributed by atoms with E-state index in [0.717, 1.165) is 6.61 Å². The number of hydrogen-bond acceptors (Lipinski definition) is 2. The second-order valence-corrected chi connectivity index (χ2v) is 5.45. The topological polar surface area (TPSA) is 21.3 Å². The van der Waals surface area contributed by atoms with Crippen LogP contribution in [-0.4, -0.2) is 25.3 Å². The van der Waals surface area contributed by atoms with Gasteiger partial charge in [-0.2, -0.15) is 0 Å². The largest absolute Gasteiger partial charge is 0.378 e. The summed E-state index contributed by atoms with van der Waals surface area (Å²) < 4.78 is 5.54. The van der Waals surface area contributed by atoms with Crippen molar-refractivity contribution in [1.82, 2.24) is 5.32 Å². The molecule has 2 rings (SSSR count). The van der Waals surface area contributed by atoms with Gasteiger partial charge in [0.15, 0.2) is 0 Å². The van der Waals surface area contributed by atoms with Gasteiger partial charge >= 0.3 is 0 Å². The summed E-state index contributed by atoms with van der Waals surface area (Å²) in [5.74, 6) is 0. The molecule has 14 heavy (non-hydrogen) atoms. The third kappa shape index (κ3) is 2.48. The zero-order chi connectivity index (χ0) is 10.0. The molecule has 0 amide bonds. The van der Waals surface area contributed by atoms with Crippen molar-refractivity contribution in [3.8, 4) is 0 Å². The van der Waals surface area contributed by atoms with E-state index in [4.69, 9.17) is 4.74 Å². The summed E-state index contributed by atoms with van der Waals surface area (Å²) in [6, 6.07) is 0.705. The second kappa shape index (κ2) is 4.19. The third-order valence-corrected chi connectivity index (χ3v) is 3.86. The maximum atomic E-state index is 5.54. The van der Waals surface area contributed by atoms with Gasteiger partial charge in [-0.1, -0.05) is 13.3 Å². The van der Waals surface area contributed by atoms with Gasteiger partial charge in [0.2, 0.25) is 0 Å². The van der Waals surface area contributed by atoms with E-state index >= 15 is 0 Å². The molecule has 2 heteroatoms. The maximum absolute atomic E-state index is 5.54. The van der Waals surface area contributed by atoms with Crippen LogP contribution in [0.4, 0.5) is 0 Å². The molecule has 1 aliphatic heterocycles. The molecule has 0 aromatic rings. The van der Waals surface area contributed by atoms with E-state index in [9.17, 15) is 0 Å². The van der Waals surface area contributed by atoms with Gasteiger partial charge in [0.1, 0.15) is 0 Å². The van der Waals surface area contributed by atoms with Crippen LogP contribution in [0, 0.1) is 5.41 Å². The van der Waals surface area contributed by atoms with Crippen molar-refractivity contribution in [2.24, 2.45) is 5.41 Å². The number of rotatable bonds is 3. The Morgan fingerprint density at radius 1 is 1.43 bits per heavy atom. The normalized spacial score (nSPS) is 36.4. The molecule has 2 atom stereocenters. The highest BCUT2D eigenvalue weighted by Gasteiger charge is 2.32. The molecule has 0 aromatic carbocycles. The average molecular weight is 197 g/mol. The molecule has 1 aliphatic carbocycles. The van der Waals surface area contributed by atoms with Gasteiger partial charge in [-0.3, -0.25) is 0 Å². The van der Waals surface area contributed by atoms with E-state index in [2.05, 4.69) is 19.2 Å². The highest BCUT2D eigenvalue weighted by Crippen LogP contribution is 2.39. The summed E-state index contributed by atoms with van der Waals surface area (Å²) in [5.41, 5.74) is 0.613. The highest BCUT2D eigenvalue weighted by molar-refractivity contribution is 4.87. The van der Waals surface area contributed by atoms with Crippen molar-refractivity contribution in [3.63, 3.8) is 0 Å². The third-order valence-electron chi connectivity index (χ3n) is 3.86. The van der Waals surface area contributed by atoms with Crippen LogP contribution < -0.4 is 5.32 Å². The summed E-state index contributed by atoms with van der Waals surface area (Å²) >= 11 is 0. The van der Waals surface area contributed by atoms with Gasteiger partial charge < -0.3 is 10.1 Å². The van der Waals surface area contributed by atoms with Crippen molar-refractivity contribution in [3.05, 3.63) is 0 Å². The van der Waals surface area contributed by atoms with Crippen LogP contribution in [0.5, 0.6) is 0 Å². The fourth-order valence-electron chi connectivity index (χ4n) is 2.53. The summed E-state index contributed by atoms with van der Waals surface area (Å²) in [4.78, 5) is 0. The zero-order valence-corrected chi connectivity index (χ0v) is 9.51. The lowest BCUT2D eigenvalue weighted by Crippen LogP contribution is -2.45. The molecule has 0 radical (unpaired) electrons. The van der Waals surface area contributed by atoms with Crippen LogP contribution in [0.2, 0.25) is 0 Å². The van der Waals surface area contributed by atoms with E-state index in [1.165, 1.54) is 38.6 Å². The summed E-state index contributed by atoms with van der Waals surface area (Å²) in [6.45, 7) is 6.74. The maximum Gasteiger partial charge on any atom is 0.0561 e. The Kier molecular flexibility index (Phi) is 3.13. The molecule has 0 spiro atoms. The van der Waals surface area contributed by atoms with Crippen molar-refractivity contribution < 1.29 is 4.74 Å². The Labute approximate surface area is 87.4 Å². The molecule has 1 saturated heterocycles. The molecule has 1 saturated carbocycles. The van der Waals surface area contributed by atoms with E-state index in [1.54, 1.807) is 0 Å². The lowest BCUT2D eigenvalue weighted by Gasteiger charge is -2.40. The average Bonchev–Trinajstić information content (AvgIpc) is 2.12. The molecular formula is C12H23NO. The smallest absolute Gasteiger partial charge is 0.0561 e. The monoisotopic (exact) mass is 197 g/mol. The first-order valence-electron chi connectivity index (χ1n) is 6.03. The molecule has 2 aliphatic rings. The standard InChI is InChI=1S/C12H23NO/c1-10-8-11(4-7-14-10)13-9-12(2)5-3-6-12/h10-11,13H,3-9H2,1-2H3. The first-order valence-corrected chi connectivity index (χ1v) is 6.03. The van der Waals surface area contributed by atoms with Gasteiger partial charge in [-0.15, -0.1) is 0 Å². The molecule has 82 valence electrons. The van der Waals surface area contributed by atoms with Gasteiger partial charge in [0.05, 0.1) is 6.10 Å². The molecule has 1 N–H and O–H groups in total. The molecule has 2 nitrogen and oxygen atoms in total. The van der Waals surface area contributed by atoms with Gasteiger partial charge in [0.25, 0.3) is 0 Å². The van der Waals surface area contributed by atoms with Crippen LogP contribution >= 0.6 is 0 Å². The predicted molar refractivity (Wildman–Crippen MR) is 58.4 cm³/mol. The lowest BCUT2D eigenvalue weighted by atomic mass is 9.70. The minimum absolute atomic E-state index is 0.454.